The molecule has 4 heteroatoms. The molecule has 64 valence electrons. The molecule has 0 aliphatic rings. The Labute approximate surface area is 92.2 Å². The lowest BCUT2D eigenvalue weighted by molar-refractivity contribution is -0.136. The lowest BCUT2D eigenvalue weighted by atomic mass is 10.2. The zero-order valence-electron chi connectivity index (χ0n) is 6.05. The highest BCUT2D eigenvalue weighted by Gasteiger charge is 2.06. The van der Waals surface area contributed by atoms with E-state index in [-0.39, 0.29) is 6.42 Å². The van der Waals surface area contributed by atoms with Crippen molar-refractivity contribution in [2.45, 2.75) is 6.42 Å². The summed E-state index contributed by atoms with van der Waals surface area (Å²) in [7, 11) is 0. The van der Waals surface area contributed by atoms with Crippen molar-refractivity contribution in [2.75, 3.05) is 0 Å². The van der Waals surface area contributed by atoms with E-state index in [1.54, 1.807) is 0 Å². The third-order valence-electron chi connectivity index (χ3n) is 1.37. The van der Waals surface area contributed by atoms with Gasteiger partial charge in [0, 0.05) is 8.04 Å². The molecule has 12 heavy (non-hydrogen) atoms. The molecule has 0 bridgehead atoms. The van der Waals surface area contributed by atoms with Gasteiger partial charge in [0.1, 0.15) is 0 Å². The summed E-state index contributed by atoms with van der Waals surface area (Å²) in [6.07, 6.45) is 0.0811. The molecule has 0 unspecified atom stereocenters. The molecular weight excluding hydrogens is 335 g/mol. The minimum atomic E-state index is -0.800. The fourth-order valence-corrected chi connectivity index (χ4v) is 1.81. The highest BCUT2D eigenvalue weighted by molar-refractivity contribution is 14.1. The monoisotopic (exact) mass is 340 g/mol. The zero-order valence-corrected chi connectivity index (χ0v) is 9.79. The van der Waals surface area contributed by atoms with Crippen molar-refractivity contribution >= 4 is 44.5 Å². The maximum Gasteiger partial charge on any atom is 0.307 e. The van der Waals surface area contributed by atoms with Gasteiger partial charge in [0.05, 0.1) is 6.42 Å². The lowest BCUT2D eigenvalue weighted by Crippen LogP contribution is -2.01. The van der Waals surface area contributed by atoms with Crippen molar-refractivity contribution in [1.29, 1.82) is 0 Å². The van der Waals surface area contributed by atoms with Crippen molar-refractivity contribution in [3.63, 3.8) is 0 Å². The normalized spacial score (nSPS) is 9.83. The van der Waals surface area contributed by atoms with Crippen LogP contribution in [-0.4, -0.2) is 11.1 Å². The van der Waals surface area contributed by atoms with Gasteiger partial charge in [0.25, 0.3) is 0 Å². The number of carbonyl (C=O) groups is 1. The lowest BCUT2D eigenvalue weighted by Gasteiger charge is -2.02. The highest BCUT2D eigenvalue weighted by atomic mass is 127. The second-order valence-corrected chi connectivity index (χ2v) is 4.22. The van der Waals surface area contributed by atoms with Crippen LogP contribution in [-0.2, 0) is 11.2 Å². The van der Waals surface area contributed by atoms with E-state index in [1.807, 2.05) is 18.2 Å². The molecule has 0 aliphatic heterocycles. The van der Waals surface area contributed by atoms with Crippen LogP contribution >= 0.6 is 38.5 Å². The Balaban J connectivity index is 3.00. The third kappa shape index (κ3) is 2.45. The van der Waals surface area contributed by atoms with Gasteiger partial charge in [0.2, 0.25) is 0 Å². The summed E-state index contributed by atoms with van der Waals surface area (Å²) in [5.74, 6) is -0.800. The minimum Gasteiger partial charge on any atom is -0.481 e. The van der Waals surface area contributed by atoms with Crippen LogP contribution in [0.5, 0.6) is 0 Å². The molecule has 1 N–H and O–H groups in total. The number of rotatable bonds is 2. The summed E-state index contributed by atoms with van der Waals surface area (Å²) in [6.45, 7) is 0. The second kappa shape index (κ2) is 4.23. The Morgan fingerprint density at radius 1 is 1.58 bits per heavy atom. The predicted molar refractivity (Wildman–Crippen MR) is 58.2 cm³/mol. The van der Waals surface area contributed by atoms with Crippen LogP contribution in [0.25, 0.3) is 0 Å². The van der Waals surface area contributed by atoms with E-state index in [4.69, 9.17) is 5.11 Å². The zero-order chi connectivity index (χ0) is 9.14. The number of hydrogen-bond donors (Lipinski definition) is 1. The quantitative estimate of drug-likeness (QED) is 0.840. The van der Waals surface area contributed by atoms with Crippen LogP contribution in [0.4, 0.5) is 0 Å². The number of halogens is 2. The van der Waals surface area contributed by atoms with Gasteiger partial charge in [-0.05, 0) is 50.2 Å². The summed E-state index contributed by atoms with van der Waals surface area (Å²) in [4.78, 5) is 10.4. The van der Waals surface area contributed by atoms with Gasteiger partial charge in [0.15, 0.2) is 0 Å². The summed E-state index contributed by atoms with van der Waals surface area (Å²) >= 11 is 5.46. The Morgan fingerprint density at radius 3 is 2.83 bits per heavy atom. The molecule has 1 aromatic carbocycles. The molecule has 0 fully saturated rings. The van der Waals surface area contributed by atoms with Gasteiger partial charge in [-0.15, -0.1) is 0 Å². The summed E-state index contributed by atoms with van der Waals surface area (Å²) in [5, 5.41) is 8.56. The first-order chi connectivity index (χ1) is 5.61. The smallest absolute Gasteiger partial charge is 0.307 e. The summed E-state index contributed by atoms with van der Waals surface area (Å²) < 4.78 is 1.92. The van der Waals surface area contributed by atoms with Crippen LogP contribution in [0.1, 0.15) is 5.56 Å². The molecule has 0 saturated carbocycles. The number of hydrogen-bond acceptors (Lipinski definition) is 1. The third-order valence-corrected chi connectivity index (χ3v) is 4.05. The topological polar surface area (TPSA) is 37.3 Å². The Hall–Kier alpha value is -0.100. The number of aliphatic carboxylic acids is 1. The first-order valence-electron chi connectivity index (χ1n) is 3.26. The van der Waals surface area contributed by atoms with Crippen molar-refractivity contribution in [1.82, 2.24) is 0 Å². The molecule has 1 rings (SSSR count). The fourth-order valence-electron chi connectivity index (χ4n) is 0.848. The maximum atomic E-state index is 10.4. The maximum absolute atomic E-state index is 10.4. The average Bonchev–Trinajstić information content (AvgIpc) is 1.98. The van der Waals surface area contributed by atoms with Gasteiger partial charge in [-0.1, -0.05) is 12.1 Å². The van der Waals surface area contributed by atoms with E-state index in [1.165, 1.54) is 0 Å². The van der Waals surface area contributed by atoms with E-state index < -0.39 is 5.97 Å². The Kier molecular flexibility index (Phi) is 3.52. The number of carboxylic acid groups (broad SMARTS) is 1. The van der Waals surface area contributed by atoms with Crippen LogP contribution in [0.2, 0.25) is 0 Å². The van der Waals surface area contributed by atoms with Crippen molar-refractivity contribution in [3.05, 3.63) is 31.8 Å². The van der Waals surface area contributed by atoms with Crippen LogP contribution < -0.4 is 0 Å². The molecule has 0 spiro atoms. The van der Waals surface area contributed by atoms with E-state index >= 15 is 0 Å². The van der Waals surface area contributed by atoms with Crippen LogP contribution in [0.15, 0.2) is 22.7 Å². The van der Waals surface area contributed by atoms with Gasteiger partial charge in [-0.3, -0.25) is 4.79 Å². The van der Waals surface area contributed by atoms with E-state index in [9.17, 15) is 4.79 Å². The SMILES string of the molecule is O=C(O)Cc1cccc(Br)c1I. The molecule has 1 aromatic rings. The predicted octanol–water partition coefficient (Wildman–Crippen LogP) is 2.68. The standard InChI is InChI=1S/C8H6BrIO2/c9-6-3-1-2-5(8(6)10)4-7(11)12/h1-3H,4H2,(H,11,12). The Bertz CT molecular complexity index is 312. The second-order valence-electron chi connectivity index (χ2n) is 2.28. The molecule has 0 aliphatic carbocycles. The number of benzene rings is 1. The first kappa shape index (κ1) is 9.98. The minimum absolute atomic E-state index is 0.0811. The number of carboxylic acids is 1. The van der Waals surface area contributed by atoms with Crippen LogP contribution in [0.3, 0.4) is 0 Å². The molecule has 2 nitrogen and oxygen atoms in total. The van der Waals surface area contributed by atoms with Gasteiger partial charge in [-0.2, -0.15) is 0 Å². The van der Waals surface area contributed by atoms with E-state index in [0.717, 1.165) is 13.6 Å². The fraction of sp³-hybridized carbons (Fsp3) is 0.125. The average molecular weight is 341 g/mol. The molecular formula is C8H6BrIO2. The Morgan fingerprint density at radius 2 is 2.25 bits per heavy atom. The van der Waals surface area contributed by atoms with Crippen molar-refractivity contribution in [2.24, 2.45) is 0 Å². The summed E-state index contributed by atoms with van der Waals surface area (Å²) in [5.41, 5.74) is 0.845. The molecule has 0 amide bonds. The molecule has 0 radical (unpaired) electrons. The summed E-state index contributed by atoms with van der Waals surface area (Å²) in [6, 6.07) is 5.55. The first-order valence-corrected chi connectivity index (χ1v) is 5.13. The van der Waals surface area contributed by atoms with E-state index in [2.05, 4.69) is 38.5 Å². The van der Waals surface area contributed by atoms with Crippen molar-refractivity contribution < 1.29 is 9.90 Å². The van der Waals surface area contributed by atoms with Crippen LogP contribution in [0, 0.1) is 3.57 Å². The van der Waals surface area contributed by atoms with Gasteiger partial charge in [-0.25, -0.2) is 0 Å². The van der Waals surface area contributed by atoms with Gasteiger partial charge < -0.3 is 5.11 Å². The molecule has 0 saturated heterocycles. The molecule has 0 atom stereocenters. The van der Waals surface area contributed by atoms with Gasteiger partial charge >= 0.3 is 5.97 Å². The van der Waals surface area contributed by atoms with Crippen molar-refractivity contribution in [3.8, 4) is 0 Å². The molecule has 0 aromatic heterocycles. The molecule has 0 heterocycles. The highest BCUT2D eigenvalue weighted by Crippen LogP contribution is 2.22. The largest absolute Gasteiger partial charge is 0.481 e. The van der Waals surface area contributed by atoms with E-state index in [0.29, 0.717) is 0 Å².